The second-order valence-electron chi connectivity index (χ2n) is 3.94. The predicted octanol–water partition coefficient (Wildman–Crippen LogP) is 1.11. The summed E-state index contributed by atoms with van der Waals surface area (Å²) >= 11 is 0. The first-order chi connectivity index (χ1) is 7.36. The van der Waals surface area contributed by atoms with Gasteiger partial charge in [0.25, 0.3) is 0 Å². The summed E-state index contributed by atoms with van der Waals surface area (Å²) < 4.78 is 16.3. The molecule has 16 heavy (non-hydrogen) atoms. The summed E-state index contributed by atoms with van der Waals surface area (Å²) in [7, 11) is -0.961. The standard InChI is InChI=1S/C11H16NO3P/c1-15-11(13)10(12)8-4-6-9(7-5-8)16(2,3)14/h4-7,10H,12H2,1-3H3. The van der Waals surface area contributed by atoms with Crippen molar-refractivity contribution in [2.45, 2.75) is 6.04 Å². The van der Waals surface area contributed by atoms with E-state index in [9.17, 15) is 9.36 Å². The van der Waals surface area contributed by atoms with Crippen molar-refractivity contribution < 1.29 is 14.1 Å². The van der Waals surface area contributed by atoms with Gasteiger partial charge in [0.15, 0.2) is 0 Å². The number of carbonyl (C=O) groups excluding carboxylic acids is 1. The zero-order valence-electron chi connectivity index (χ0n) is 9.64. The van der Waals surface area contributed by atoms with E-state index in [0.29, 0.717) is 5.56 Å². The molecule has 1 aromatic carbocycles. The molecule has 4 nitrogen and oxygen atoms in total. The third-order valence-electron chi connectivity index (χ3n) is 2.33. The molecule has 2 N–H and O–H groups in total. The molecule has 0 saturated heterocycles. The molecule has 0 amide bonds. The van der Waals surface area contributed by atoms with Gasteiger partial charge in [-0.3, -0.25) is 4.79 Å². The monoisotopic (exact) mass is 241 g/mol. The van der Waals surface area contributed by atoms with Crippen molar-refractivity contribution in [3.8, 4) is 0 Å². The van der Waals surface area contributed by atoms with Crippen LogP contribution in [0.15, 0.2) is 24.3 Å². The highest BCUT2D eigenvalue weighted by molar-refractivity contribution is 7.70. The Morgan fingerprint density at radius 1 is 1.31 bits per heavy atom. The Morgan fingerprint density at radius 3 is 2.19 bits per heavy atom. The highest BCUT2D eigenvalue weighted by Gasteiger charge is 2.17. The normalized spacial score (nSPS) is 13.2. The van der Waals surface area contributed by atoms with Crippen LogP contribution in [0.2, 0.25) is 0 Å². The lowest BCUT2D eigenvalue weighted by Crippen LogP contribution is -2.22. The maximum Gasteiger partial charge on any atom is 0.327 e. The summed E-state index contributed by atoms with van der Waals surface area (Å²) in [5.74, 6) is -0.482. The number of nitrogens with two attached hydrogens (primary N) is 1. The van der Waals surface area contributed by atoms with Crippen LogP contribution in [0.3, 0.4) is 0 Å². The summed E-state index contributed by atoms with van der Waals surface area (Å²) in [6.45, 7) is 3.39. The van der Waals surface area contributed by atoms with E-state index in [0.717, 1.165) is 5.30 Å². The molecule has 1 aromatic rings. The van der Waals surface area contributed by atoms with E-state index in [2.05, 4.69) is 4.74 Å². The highest BCUT2D eigenvalue weighted by Crippen LogP contribution is 2.34. The van der Waals surface area contributed by atoms with Gasteiger partial charge in [0.2, 0.25) is 0 Å². The van der Waals surface area contributed by atoms with Crippen LogP contribution in [0.4, 0.5) is 0 Å². The summed E-state index contributed by atoms with van der Waals surface area (Å²) in [4.78, 5) is 11.2. The molecule has 5 heteroatoms. The van der Waals surface area contributed by atoms with E-state index in [-0.39, 0.29) is 0 Å². The van der Waals surface area contributed by atoms with Crippen molar-refractivity contribution in [3.63, 3.8) is 0 Å². The number of hydrogen-bond acceptors (Lipinski definition) is 4. The fourth-order valence-electron chi connectivity index (χ4n) is 1.30. The second-order valence-corrected chi connectivity index (χ2v) is 7.16. The molecule has 0 spiro atoms. The van der Waals surface area contributed by atoms with E-state index in [4.69, 9.17) is 5.73 Å². The number of hydrogen-bond donors (Lipinski definition) is 1. The molecule has 0 saturated carbocycles. The molecule has 0 aliphatic carbocycles. The van der Waals surface area contributed by atoms with Gasteiger partial charge in [0.1, 0.15) is 13.2 Å². The summed E-state index contributed by atoms with van der Waals surface area (Å²) in [5.41, 5.74) is 6.32. The first-order valence-electron chi connectivity index (χ1n) is 4.85. The van der Waals surface area contributed by atoms with Crippen LogP contribution in [0, 0.1) is 0 Å². The Kier molecular flexibility index (Phi) is 3.89. The van der Waals surface area contributed by atoms with Crippen molar-refractivity contribution >= 4 is 18.4 Å². The highest BCUT2D eigenvalue weighted by atomic mass is 31.2. The first-order valence-corrected chi connectivity index (χ1v) is 7.45. The van der Waals surface area contributed by atoms with Gasteiger partial charge in [-0.05, 0) is 18.9 Å². The maximum absolute atomic E-state index is 11.8. The smallest absolute Gasteiger partial charge is 0.327 e. The zero-order valence-corrected chi connectivity index (χ0v) is 10.5. The lowest BCUT2D eigenvalue weighted by Gasteiger charge is -2.11. The van der Waals surface area contributed by atoms with Crippen LogP contribution in [-0.2, 0) is 14.1 Å². The van der Waals surface area contributed by atoms with E-state index in [1.807, 2.05) is 0 Å². The van der Waals surface area contributed by atoms with Crippen molar-refractivity contribution in [3.05, 3.63) is 29.8 Å². The van der Waals surface area contributed by atoms with Crippen molar-refractivity contribution in [2.75, 3.05) is 20.4 Å². The summed E-state index contributed by atoms with van der Waals surface area (Å²) in [6, 6.07) is 6.09. The minimum absolute atomic E-state index is 0.482. The molecule has 1 atom stereocenters. The van der Waals surface area contributed by atoms with Gasteiger partial charge < -0.3 is 15.0 Å². The molecular weight excluding hydrogens is 225 g/mol. The zero-order chi connectivity index (χ0) is 12.3. The number of ether oxygens (including phenoxy) is 1. The fourth-order valence-corrected chi connectivity index (χ4v) is 2.17. The number of esters is 1. The Labute approximate surface area is 95.2 Å². The van der Waals surface area contributed by atoms with Crippen molar-refractivity contribution in [1.29, 1.82) is 0 Å². The van der Waals surface area contributed by atoms with Gasteiger partial charge in [0, 0.05) is 5.30 Å². The Bertz CT molecular complexity index is 421. The van der Waals surface area contributed by atoms with Gasteiger partial charge >= 0.3 is 5.97 Å². The van der Waals surface area contributed by atoms with Gasteiger partial charge in [-0.2, -0.15) is 0 Å². The van der Waals surface area contributed by atoms with Crippen molar-refractivity contribution in [2.24, 2.45) is 5.73 Å². The van der Waals surface area contributed by atoms with Crippen LogP contribution in [-0.4, -0.2) is 26.4 Å². The van der Waals surface area contributed by atoms with Gasteiger partial charge in [-0.15, -0.1) is 0 Å². The molecule has 0 aliphatic heterocycles. The average Bonchev–Trinajstić information content (AvgIpc) is 2.26. The van der Waals surface area contributed by atoms with Crippen LogP contribution in [0.1, 0.15) is 11.6 Å². The van der Waals surface area contributed by atoms with E-state index < -0.39 is 19.2 Å². The van der Waals surface area contributed by atoms with Crippen LogP contribution in [0.5, 0.6) is 0 Å². The molecule has 0 aliphatic rings. The largest absolute Gasteiger partial charge is 0.468 e. The molecule has 0 aromatic heterocycles. The summed E-state index contributed by atoms with van der Waals surface area (Å²) in [6.07, 6.45) is 0. The van der Waals surface area contributed by atoms with Crippen LogP contribution < -0.4 is 11.0 Å². The van der Waals surface area contributed by atoms with Crippen LogP contribution in [0.25, 0.3) is 0 Å². The topological polar surface area (TPSA) is 69.4 Å². The molecule has 1 unspecified atom stereocenters. The SMILES string of the molecule is COC(=O)C(N)c1ccc(P(C)(C)=O)cc1. The van der Waals surface area contributed by atoms with Gasteiger partial charge in [-0.1, -0.05) is 24.3 Å². The Hall–Kier alpha value is -1.12. The second kappa shape index (κ2) is 4.81. The molecule has 88 valence electrons. The lowest BCUT2D eigenvalue weighted by atomic mass is 10.1. The molecule has 1 rings (SSSR count). The molecule has 0 heterocycles. The Morgan fingerprint density at radius 2 is 1.81 bits per heavy atom. The fraction of sp³-hybridized carbons (Fsp3) is 0.364. The Balaban J connectivity index is 2.96. The number of carbonyl (C=O) groups is 1. The van der Waals surface area contributed by atoms with E-state index in [1.165, 1.54) is 7.11 Å². The molecular formula is C11H16NO3P. The van der Waals surface area contributed by atoms with Crippen LogP contribution >= 0.6 is 7.14 Å². The number of benzene rings is 1. The molecule has 0 bridgehead atoms. The van der Waals surface area contributed by atoms with Gasteiger partial charge in [0.05, 0.1) is 7.11 Å². The van der Waals surface area contributed by atoms with E-state index in [1.54, 1.807) is 37.6 Å². The lowest BCUT2D eigenvalue weighted by molar-refractivity contribution is -0.142. The molecule has 0 radical (unpaired) electrons. The number of methoxy groups -OCH3 is 1. The third-order valence-corrected chi connectivity index (χ3v) is 3.87. The van der Waals surface area contributed by atoms with E-state index >= 15 is 0 Å². The average molecular weight is 241 g/mol. The third kappa shape index (κ3) is 2.94. The summed E-state index contributed by atoms with van der Waals surface area (Å²) in [5, 5.41) is 0.772. The van der Waals surface area contributed by atoms with Gasteiger partial charge in [-0.25, -0.2) is 0 Å². The quantitative estimate of drug-likeness (QED) is 0.635. The van der Waals surface area contributed by atoms with Crippen molar-refractivity contribution in [1.82, 2.24) is 0 Å². The minimum atomic E-state index is -2.26. The number of rotatable bonds is 3. The minimum Gasteiger partial charge on any atom is -0.468 e. The molecule has 0 fully saturated rings. The first kappa shape index (κ1) is 12.9. The predicted molar refractivity (Wildman–Crippen MR) is 64.5 cm³/mol. The maximum atomic E-state index is 11.8.